The molecule has 0 atom stereocenters. The summed E-state index contributed by atoms with van der Waals surface area (Å²) in [4.78, 5) is 11.6. The highest BCUT2D eigenvalue weighted by atomic mass is 16.6. The molecule has 0 bridgehead atoms. The first-order valence-electron chi connectivity index (χ1n) is 5.13. The summed E-state index contributed by atoms with van der Waals surface area (Å²) in [5.74, 6) is -0.935. The van der Waals surface area contributed by atoms with Crippen LogP contribution in [0.15, 0.2) is 18.2 Å². The van der Waals surface area contributed by atoms with Gasteiger partial charge in [-0.15, -0.1) is 0 Å². The number of phenolic OH excluding ortho intramolecular Hbond substituents is 1. The van der Waals surface area contributed by atoms with E-state index in [4.69, 9.17) is 14.8 Å². The maximum atomic E-state index is 11.6. The predicted octanol–water partition coefficient (Wildman–Crippen LogP) is 0.0273. The molecule has 0 saturated carbocycles. The third-order valence-electron chi connectivity index (χ3n) is 1.94. The quantitative estimate of drug-likeness (QED) is 0.499. The number of aromatic hydroxyl groups is 1. The molecule has 0 heterocycles. The van der Waals surface area contributed by atoms with Gasteiger partial charge < -0.3 is 19.9 Å². The van der Waals surface area contributed by atoms with E-state index in [1.165, 1.54) is 12.1 Å². The first-order valence-corrected chi connectivity index (χ1v) is 5.13. The summed E-state index contributed by atoms with van der Waals surface area (Å²) < 4.78 is 5.10. The molecule has 0 aliphatic rings. The van der Waals surface area contributed by atoms with Gasteiger partial charge in [0, 0.05) is 5.46 Å². The first kappa shape index (κ1) is 13.5. The minimum atomic E-state index is -1.78. The zero-order valence-corrected chi connectivity index (χ0v) is 9.97. The Morgan fingerprint density at radius 2 is 1.88 bits per heavy atom. The average Bonchev–Trinajstić information content (AvgIpc) is 2.14. The van der Waals surface area contributed by atoms with Crippen molar-refractivity contribution in [2.24, 2.45) is 0 Å². The summed E-state index contributed by atoms with van der Waals surface area (Å²) in [7, 11) is -1.78. The molecule has 0 aromatic heterocycles. The molecule has 3 N–H and O–H groups in total. The lowest BCUT2D eigenvalue weighted by Gasteiger charge is -2.19. The van der Waals surface area contributed by atoms with Crippen molar-refractivity contribution in [2.45, 2.75) is 26.4 Å². The van der Waals surface area contributed by atoms with Gasteiger partial charge in [0.05, 0.1) is 5.56 Å². The highest BCUT2D eigenvalue weighted by Gasteiger charge is 2.21. The maximum absolute atomic E-state index is 11.6. The number of ether oxygens (including phenoxy) is 1. The molecule has 0 fully saturated rings. The van der Waals surface area contributed by atoms with Gasteiger partial charge in [-0.25, -0.2) is 4.79 Å². The summed E-state index contributed by atoms with van der Waals surface area (Å²) in [6.45, 7) is 5.20. The maximum Gasteiger partial charge on any atom is 0.492 e. The highest BCUT2D eigenvalue weighted by molar-refractivity contribution is 6.59. The lowest BCUT2D eigenvalue weighted by molar-refractivity contribution is 0.00691. The van der Waals surface area contributed by atoms with Gasteiger partial charge in [0.2, 0.25) is 0 Å². The van der Waals surface area contributed by atoms with Gasteiger partial charge in [0.25, 0.3) is 0 Å². The molecule has 1 aromatic carbocycles. The van der Waals surface area contributed by atoms with Crippen LogP contribution in [0.4, 0.5) is 0 Å². The number of carbonyl (C=O) groups is 1. The van der Waals surface area contributed by atoms with Gasteiger partial charge >= 0.3 is 13.1 Å². The molecule has 17 heavy (non-hydrogen) atoms. The van der Waals surface area contributed by atoms with Gasteiger partial charge in [0.15, 0.2) is 0 Å². The van der Waals surface area contributed by atoms with Crippen molar-refractivity contribution in [3.8, 4) is 5.75 Å². The molecule has 0 radical (unpaired) electrons. The number of hydrogen-bond acceptors (Lipinski definition) is 5. The van der Waals surface area contributed by atoms with Gasteiger partial charge in [-0.05, 0) is 32.9 Å². The van der Waals surface area contributed by atoms with Gasteiger partial charge in [-0.3, -0.25) is 0 Å². The number of rotatable bonds is 2. The van der Waals surface area contributed by atoms with Crippen LogP contribution in [0.5, 0.6) is 5.75 Å². The van der Waals surface area contributed by atoms with Crippen LogP contribution < -0.4 is 5.46 Å². The Morgan fingerprint density at radius 3 is 2.29 bits per heavy atom. The summed E-state index contributed by atoms with van der Waals surface area (Å²) in [6, 6.07) is 3.77. The Morgan fingerprint density at radius 1 is 1.29 bits per heavy atom. The van der Waals surface area contributed by atoms with Gasteiger partial charge in [0.1, 0.15) is 11.4 Å². The molecule has 1 aromatic rings. The normalized spacial score (nSPS) is 11.1. The van der Waals surface area contributed by atoms with Crippen LogP contribution >= 0.6 is 0 Å². The molecule has 92 valence electrons. The molecule has 5 nitrogen and oxygen atoms in total. The van der Waals surface area contributed by atoms with Crippen molar-refractivity contribution in [2.75, 3.05) is 0 Å². The summed E-state index contributed by atoms with van der Waals surface area (Å²) in [5, 5.41) is 27.3. The van der Waals surface area contributed by atoms with E-state index in [9.17, 15) is 9.90 Å². The molecule has 0 aliphatic heterocycles. The molecule has 0 saturated heterocycles. The molecule has 1 rings (SSSR count). The van der Waals surface area contributed by atoms with E-state index < -0.39 is 18.7 Å². The van der Waals surface area contributed by atoms with Crippen LogP contribution in [-0.4, -0.2) is 33.8 Å². The minimum absolute atomic E-state index is 0.0580. The van der Waals surface area contributed by atoms with Crippen LogP contribution in [0, 0.1) is 0 Å². The van der Waals surface area contributed by atoms with Crippen molar-refractivity contribution in [3.05, 3.63) is 23.8 Å². The Bertz CT molecular complexity index is 422. The lowest BCUT2D eigenvalue weighted by atomic mass is 9.79. The Balaban J connectivity index is 2.94. The number of esters is 1. The van der Waals surface area contributed by atoms with Crippen LogP contribution in [0.3, 0.4) is 0 Å². The lowest BCUT2D eigenvalue weighted by Crippen LogP contribution is -2.30. The Hall–Kier alpha value is -1.53. The monoisotopic (exact) mass is 238 g/mol. The van der Waals surface area contributed by atoms with Crippen molar-refractivity contribution in [1.29, 1.82) is 0 Å². The van der Waals surface area contributed by atoms with E-state index in [1.54, 1.807) is 20.8 Å². The number of carbonyl (C=O) groups excluding carboxylic acids is 1. The van der Waals surface area contributed by atoms with Crippen molar-refractivity contribution < 1.29 is 24.7 Å². The smallest absolute Gasteiger partial charge is 0.492 e. The van der Waals surface area contributed by atoms with Gasteiger partial charge in [-0.1, -0.05) is 6.07 Å². The van der Waals surface area contributed by atoms with Crippen molar-refractivity contribution in [3.63, 3.8) is 0 Å². The summed E-state index contributed by atoms with van der Waals surface area (Å²) in [5.41, 5.74) is -0.527. The largest absolute Gasteiger partial charge is 0.508 e. The second-order valence-electron chi connectivity index (χ2n) is 4.65. The van der Waals surface area contributed by atoms with Crippen LogP contribution in [0.25, 0.3) is 0 Å². The van der Waals surface area contributed by atoms with Crippen LogP contribution in [0.1, 0.15) is 31.1 Å². The molecule has 0 spiro atoms. The Labute approximate surface area is 99.8 Å². The highest BCUT2D eigenvalue weighted by Crippen LogP contribution is 2.15. The number of phenols is 1. The zero-order chi connectivity index (χ0) is 13.2. The molecular formula is C11H15BO5. The molecule has 0 unspecified atom stereocenters. The van der Waals surface area contributed by atoms with E-state index >= 15 is 0 Å². The van der Waals surface area contributed by atoms with Crippen LogP contribution in [-0.2, 0) is 4.74 Å². The second-order valence-corrected chi connectivity index (χ2v) is 4.65. The molecule has 6 heteroatoms. The molecule has 0 amide bonds. The predicted molar refractivity (Wildman–Crippen MR) is 63.1 cm³/mol. The molecule has 0 aliphatic carbocycles. The van der Waals surface area contributed by atoms with Crippen molar-refractivity contribution >= 4 is 18.6 Å². The fraction of sp³-hybridized carbons (Fsp3) is 0.364. The molecular weight excluding hydrogens is 223 g/mol. The summed E-state index contributed by atoms with van der Waals surface area (Å²) >= 11 is 0. The summed E-state index contributed by atoms with van der Waals surface area (Å²) in [6.07, 6.45) is 0. The zero-order valence-electron chi connectivity index (χ0n) is 9.97. The standard InChI is InChI=1S/C11H15BO5/c1-11(2,3)17-10(14)7-4-5-8(12(15)16)9(13)6-7/h4-6,13,15-16H,1-3H3. The SMILES string of the molecule is CC(C)(C)OC(=O)c1ccc(B(O)O)c(O)c1. The fourth-order valence-electron chi connectivity index (χ4n) is 1.23. The van der Waals surface area contributed by atoms with Crippen molar-refractivity contribution in [1.82, 2.24) is 0 Å². The average molecular weight is 238 g/mol. The topological polar surface area (TPSA) is 87.0 Å². The third-order valence-corrected chi connectivity index (χ3v) is 1.94. The van der Waals surface area contributed by atoms with Crippen LogP contribution in [0.2, 0.25) is 0 Å². The minimum Gasteiger partial charge on any atom is -0.508 e. The number of hydrogen-bond donors (Lipinski definition) is 3. The van der Waals surface area contributed by atoms with E-state index in [1.807, 2.05) is 0 Å². The Kier molecular flexibility index (Phi) is 3.80. The van der Waals surface area contributed by atoms with Gasteiger partial charge in [-0.2, -0.15) is 0 Å². The fourth-order valence-corrected chi connectivity index (χ4v) is 1.23. The number of benzene rings is 1. The van der Waals surface area contributed by atoms with E-state index in [-0.39, 0.29) is 16.8 Å². The first-order chi connectivity index (χ1) is 7.70. The second kappa shape index (κ2) is 4.77. The third kappa shape index (κ3) is 3.76. The van der Waals surface area contributed by atoms with E-state index in [0.29, 0.717) is 0 Å². The van der Waals surface area contributed by atoms with E-state index in [2.05, 4.69) is 0 Å². The van der Waals surface area contributed by atoms with E-state index in [0.717, 1.165) is 6.07 Å².